The highest BCUT2D eigenvalue weighted by Gasteiger charge is 2.17. The van der Waals surface area contributed by atoms with Gasteiger partial charge in [-0.05, 0) is 36.8 Å². The van der Waals surface area contributed by atoms with Crippen LogP contribution in [0.2, 0.25) is 5.02 Å². The van der Waals surface area contributed by atoms with Crippen molar-refractivity contribution in [1.82, 2.24) is 5.32 Å². The number of hydrogen-bond acceptors (Lipinski definition) is 3. The zero-order chi connectivity index (χ0) is 17.6. The van der Waals surface area contributed by atoms with Crippen molar-refractivity contribution in [3.63, 3.8) is 0 Å². The Hall–Kier alpha value is -2.05. The van der Waals surface area contributed by atoms with Crippen LogP contribution in [0.5, 0.6) is 0 Å². The Morgan fingerprint density at radius 2 is 1.88 bits per heavy atom. The lowest BCUT2D eigenvalue weighted by molar-refractivity contribution is 0.0953. The number of nitrogens with one attached hydrogen (secondary N) is 2. The normalized spacial score (nSPS) is 11.1. The van der Waals surface area contributed by atoms with Crippen LogP contribution in [0.4, 0.5) is 5.69 Å². The quantitative estimate of drug-likeness (QED) is 0.734. The number of halogens is 1. The van der Waals surface area contributed by atoms with Crippen LogP contribution in [-0.2, 0) is 10.0 Å². The summed E-state index contributed by atoms with van der Waals surface area (Å²) in [6.07, 6.45) is 1.84. The number of unbranched alkanes of at least 4 members (excludes halogenated alkanes) is 1. The van der Waals surface area contributed by atoms with Crippen LogP contribution in [-0.4, -0.2) is 20.9 Å². The van der Waals surface area contributed by atoms with E-state index in [2.05, 4.69) is 10.0 Å². The Bertz CT molecular complexity index is 822. The van der Waals surface area contributed by atoms with Gasteiger partial charge in [0.25, 0.3) is 15.9 Å². The maximum atomic E-state index is 12.5. The van der Waals surface area contributed by atoms with Gasteiger partial charge < -0.3 is 5.32 Å². The van der Waals surface area contributed by atoms with Gasteiger partial charge in [0.2, 0.25) is 0 Å². The minimum Gasteiger partial charge on any atom is -0.352 e. The second kappa shape index (κ2) is 8.17. The molecule has 0 aromatic heterocycles. The molecule has 0 radical (unpaired) electrons. The topological polar surface area (TPSA) is 75.3 Å². The first-order chi connectivity index (χ1) is 11.4. The molecule has 0 spiro atoms. The van der Waals surface area contributed by atoms with Gasteiger partial charge in [-0.1, -0.05) is 43.1 Å². The maximum Gasteiger partial charge on any atom is 0.261 e. The van der Waals surface area contributed by atoms with Gasteiger partial charge in [0.1, 0.15) is 0 Å². The van der Waals surface area contributed by atoms with Crippen molar-refractivity contribution >= 4 is 33.2 Å². The lowest BCUT2D eigenvalue weighted by Crippen LogP contribution is -2.24. The minimum absolute atomic E-state index is 0.00515. The molecule has 0 atom stereocenters. The first-order valence-electron chi connectivity index (χ1n) is 7.59. The van der Waals surface area contributed by atoms with Crippen molar-refractivity contribution in [3.05, 3.63) is 59.1 Å². The molecule has 2 aromatic rings. The van der Waals surface area contributed by atoms with E-state index in [9.17, 15) is 13.2 Å². The molecule has 2 aromatic carbocycles. The molecule has 128 valence electrons. The van der Waals surface area contributed by atoms with Crippen LogP contribution < -0.4 is 10.0 Å². The van der Waals surface area contributed by atoms with Crippen molar-refractivity contribution in [3.8, 4) is 0 Å². The summed E-state index contributed by atoms with van der Waals surface area (Å²) in [6.45, 7) is 2.59. The number of carbonyl (C=O) groups excluding carboxylic acids is 1. The second-order valence-electron chi connectivity index (χ2n) is 5.22. The van der Waals surface area contributed by atoms with E-state index in [0.717, 1.165) is 12.8 Å². The number of amides is 1. The molecule has 7 heteroatoms. The highest BCUT2D eigenvalue weighted by molar-refractivity contribution is 7.92. The predicted molar refractivity (Wildman–Crippen MR) is 95.9 cm³/mol. The summed E-state index contributed by atoms with van der Waals surface area (Å²) in [6, 6.07) is 12.5. The van der Waals surface area contributed by atoms with Crippen molar-refractivity contribution in [2.75, 3.05) is 11.3 Å². The van der Waals surface area contributed by atoms with E-state index in [-0.39, 0.29) is 16.5 Å². The average Bonchev–Trinajstić information content (AvgIpc) is 2.57. The maximum absolute atomic E-state index is 12.5. The Kier molecular flexibility index (Phi) is 6.23. The third kappa shape index (κ3) is 4.72. The van der Waals surface area contributed by atoms with Crippen LogP contribution in [0.3, 0.4) is 0 Å². The summed E-state index contributed by atoms with van der Waals surface area (Å²) < 4.78 is 27.4. The smallest absolute Gasteiger partial charge is 0.261 e. The standard InChI is InChI=1S/C17H19ClN2O3S/c1-2-3-11-19-17(21)13-7-6-8-14(12-13)24(22,23)20-16-10-5-4-9-15(16)18/h4-10,12,20H,2-3,11H2,1H3,(H,19,21). The summed E-state index contributed by atoms with van der Waals surface area (Å²) in [4.78, 5) is 12.1. The molecule has 0 bridgehead atoms. The Morgan fingerprint density at radius 3 is 2.58 bits per heavy atom. The third-order valence-electron chi connectivity index (χ3n) is 3.34. The predicted octanol–water partition coefficient (Wildman–Crippen LogP) is 3.67. The van der Waals surface area contributed by atoms with Crippen LogP contribution >= 0.6 is 11.6 Å². The van der Waals surface area contributed by atoms with Crippen molar-refractivity contribution in [2.24, 2.45) is 0 Å². The number of anilines is 1. The molecule has 0 aliphatic heterocycles. The highest BCUT2D eigenvalue weighted by atomic mass is 35.5. The molecule has 2 N–H and O–H groups in total. The Morgan fingerprint density at radius 1 is 1.12 bits per heavy atom. The van der Waals surface area contributed by atoms with Gasteiger partial charge in [-0.15, -0.1) is 0 Å². The summed E-state index contributed by atoms with van der Waals surface area (Å²) >= 11 is 5.98. The van der Waals surface area contributed by atoms with Crippen LogP contribution in [0.25, 0.3) is 0 Å². The van der Waals surface area contributed by atoms with E-state index in [4.69, 9.17) is 11.6 Å². The van der Waals surface area contributed by atoms with Crippen molar-refractivity contribution in [1.29, 1.82) is 0 Å². The van der Waals surface area contributed by atoms with Gasteiger partial charge in [0, 0.05) is 12.1 Å². The fraction of sp³-hybridized carbons (Fsp3) is 0.235. The Labute approximate surface area is 147 Å². The molecule has 2 rings (SSSR count). The number of hydrogen-bond donors (Lipinski definition) is 2. The molecule has 0 fully saturated rings. The number of para-hydroxylation sites is 1. The summed E-state index contributed by atoms with van der Waals surface area (Å²) in [5, 5.41) is 3.06. The monoisotopic (exact) mass is 366 g/mol. The summed E-state index contributed by atoms with van der Waals surface area (Å²) in [5.41, 5.74) is 0.588. The molecule has 0 heterocycles. The van der Waals surface area contributed by atoms with Crippen molar-refractivity contribution in [2.45, 2.75) is 24.7 Å². The SMILES string of the molecule is CCCCNC(=O)c1cccc(S(=O)(=O)Nc2ccccc2Cl)c1. The first kappa shape index (κ1) is 18.3. The van der Waals surface area contributed by atoms with Gasteiger partial charge in [-0.25, -0.2) is 8.42 Å². The van der Waals surface area contributed by atoms with E-state index in [0.29, 0.717) is 17.1 Å². The van der Waals surface area contributed by atoms with Gasteiger partial charge >= 0.3 is 0 Å². The Balaban J connectivity index is 2.20. The van der Waals surface area contributed by atoms with Crippen LogP contribution in [0.1, 0.15) is 30.1 Å². The van der Waals surface area contributed by atoms with Gasteiger partial charge in [0.15, 0.2) is 0 Å². The molecule has 0 saturated heterocycles. The number of rotatable bonds is 7. The number of sulfonamides is 1. The molecule has 0 aliphatic carbocycles. The van der Waals surface area contributed by atoms with E-state index in [1.54, 1.807) is 30.3 Å². The lowest BCUT2D eigenvalue weighted by atomic mass is 10.2. The minimum atomic E-state index is -3.83. The first-order valence-corrected chi connectivity index (χ1v) is 9.46. The lowest BCUT2D eigenvalue weighted by Gasteiger charge is -2.11. The molecule has 24 heavy (non-hydrogen) atoms. The molecular formula is C17H19ClN2O3S. The molecule has 1 amide bonds. The van der Waals surface area contributed by atoms with E-state index in [1.165, 1.54) is 18.2 Å². The molecule has 0 unspecified atom stereocenters. The zero-order valence-electron chi connectivity index (χ0n) is 13.3. The van der Waals surface area contributed by atoms with E-state index < -0.39 is 10.0 Å². The second-order valence-corrected chi connectivity index (χ2v) is 7.31. The largest absolute Gasteiger partial charge is 0.352 e. The van der Waals surface area contributed by atoms with Gasteiger partial charge in [-0.2, -0.15) is 0 Å². The van der Waals surface area contributed by atoms with Gasteiger partial charge in [0.05, 0.1) is 15.6 Å². The third-order valence-corrected chi connectivity index (χ3v) is 5.03. The molecule has 5 nitrogen and oxygen atoms in total. The van der Waals surface area contributed by atoms with Crippen LogP contribution in [0.15, 0.2) is 53.4 Å². The highest BCUT2D eigenvalue weighted by Crippen LogP contribution is 2.24. The zero-order valence-corrected chi connectivity index (χ0v) is 14.8. The number of carbonyl (C=O) groups is 1. The van der Waals surface area contributed by atoms with Crippen LogP contribution in [0, 0.1) is 0 Å². The molecule has 0 aliphatic rings. The fourth-order valence-electron chi connectivity index (χ4n) is 2.03. The average molecular weight is 367 g/mol. The summed E-state index contributed by atoms with van der Waals surface area (Å²) in [7, 11) is -3.83. The number of benzene rings is 2. The molecule has 0 saturated carbocycles. The van der Waals surface area contributed by atoms with Crippen molar-refractivity contribution < 1.29 is 13.2 Å². The fourth-order valence-corrected chi connectivity index (χ4v) is 3.40. The summed E-state index contributed by atoms with van der Waals surface area (Å²) in [5.74, 6) is -0.293. The van der Waals surface area contributed by atoms with E-state index in [1.807, 2.05) is 6.92 Å². The van der Waals surface area contributed by atoms with Gasteiger partial charge in [-0.3, -0.25) is 9.52 Å². The van der Waals surface area contributed by atoms with E-state index >= 15 is 0 Å². The molecular weight excluding hydrogens is 348 g/mol.